The molecular weight excluding hydrogens is 528 g/mol. The van der Waals surface area contributed by atoms with Crippen LogP contribution in [-0.4, -0.2) is 58.2 Å². The molecule has 1 saturated heterocycles. The lowest BCUT2D eigenvalue weighted by Crippen LogP contribution is -2.45. The van der Waals surface area contributed by atoms with Crippen molar-refractivity contribution in [1.29, 1.82) is 5.26 Å². The number of aromatic nitrogens is 4. The van der Waals surface area contributed by atoms with Gasteiger partial charge in [0.05, 0.1) is 28.6 Å². The van der Waals surface area contributed by atoms with E-state index in [0.29, 0.717) is 49.1 Å². The van der Waals surface area contributed by atoms with Crippen molar-refractivity contribution in [3.63, 3.8) is 0 Å². The van der Waals surface area contributed by atoms with Gasteiger partial charge >= 0.3 is 12.0 Å². The number of nitriles is 1. The maximum absolute atomic E-state index is 12.4. The van der Waals surface area contributed by atoms with E-state index >= 15 is 0 Å². The van der Waals surface area contributed by atoms with Crippen LogP contribution in [0.4, 0.5) is 15.9 Å². The van der Waals surface area contributed by atoms with Crippen LogP contribution in [0, 0.1) is 16.7 Å². The van der Waals surface area contributed by atoms with Crippen molar-refractivity contribution < 1.29 is 14.3 Å². The molecule has 5 rings (SSSR count). The van der Waals surface area contributed by atoms with Crippen molar-refractivity contribution in [1.82, 2.24) is 19.9 Å². The number of urea groups is 1. The number of rotatable bonds is 7. The molecule has 1 fully saturated rings. The van der Waals surface area contributed by atoms with E-state index in [9.17, 15) is 14.9 Å². The zero-order valence-corrected chi connectivity index (χ0v) is 23.0. The van der Waals surface area contributed by atoms with E-state index in [2.05, 4.69) is 21.0 Å². The fraction of sp³-hybridized carbons (Fsp3) is 0.321. The van der Waals surface area contributed by atoms with E-state index in [0.717, 1.165) is 27.1 Å². The summed E-state index contributed by atoms with van der Waals surface area (Å²) >= 11 is 1.39. The number of carbonyl (C=O) groups is 2. The molecule has 4 aromatic rings. The first-order chi connectivity index (χ1) is 19.4. The summed E-state index contributed by atoms with van der Waals surface area (Å²) in [6, 6.07) is 11.3. The Morgan fingerprint density at radius 2 is 1.90 bits per heavy atom. The van der Waals surface area contributed by atoms with Gasteiger partial charge in [-0.05, 0) is 56.5 Å². The van der Waals surface area contributed by atoms with Crippen LogP contribution in [0.1, 0.15) is 26.7 Å². The van der Waals surface area contributed by atoms with E-state index < -0.39 is 17.4 Å². The van der Waals surface area contributed by atoms with Crippen LogP contribution >= 0.6 is 11.3 Å². The maximum atomic E-state index is 12.4. The number of ether oxygens (including phenoxy) is 1. The molecule has 40 heavy (non-hydrogen) atoms. The Morgan fingerprint density at radius 1 is 1.15 bits per heavy atom. The van der Waals surface area contributed by atoms with E-state index in [1.807, 2.05) is 42.2 Å². The van der Waals surface area contributed by atoms with Gasteiger partial charge < -0.3 is 15.4 Å². The molecule has 3 aromatic heterocycles. The Morgan fingerprint density at radius 3 is 2.50 bits per heavy atom. The summed E-state index contributed by atoms with van der Waals surface area (Å²) in [4.78, 5) is 46.2. The Hall–Kier alpha value is -4.63. The standard InChI is InChI=1S/C28H28N8O3S/c1-3-36(25(30)38)27-34-22-14-18(13-20(23(22)40-27)21-7-5-6-10-31-21)19-15-32-26(33-16-19)35-11-8-28(17-29,9-12-35)24(37)39-4-2/h5-7,10,13-16H,3-4,8-9,11-12H2,1-2H3,(H2,30,38). The first-order valence-corrected chi connectivity index (χ1v) is 13.8. The molecule has 4 heterocycles. The number of carbonyl (C=O) groups excluding carboxylic acids is 2. The minimum atomic E-state index is -1.13. The zero-order chi connectivity index (χ0) is 28.3. The van der Waals surface area contributed by atoms with Crippen molar-refractivity contribution in [2.45, 2.75) is 26.7 Å². The van der Waals surface area contributed by atoms with Gasteiger partial charge in [-0.1, -0.05) is 17.4 Å². The predicted molar refractivity (Wildman–Crippen MR) is 153 cm³/mol. The number of benzene rings is 1. The van der Waals surface area contributed by atoms with Gasteiger partial charge in [0.1, 0.15) is 0 Å². The van der Waals surface area contributed by atoms with Gasteiger partial charge in [0.15, 0.2) is 10.5 Å². The molecule has 0 radical (unpaired) electrons. The lowest BCUT2D eigenvalue weighted by Gasteiger charge is -2.35. The minimum absolute atomic E-state index is 0.245. The number of fused-ring (bicyclic) bond motifs is 1. The second-order valence-electron chi connectivity index (χ2n) is 9.34. The molecule has 1 aliphatic rings. The smallest absolute Gasteiger partial charge is 0.326 e. The Labute approximate surface area is 235 Å². The Bertz CT molecular complexity index is 1580. The van der Waals surface area contributed by atoms with Gasteiger partial charge in [0.2, 0.25) is 5.95 Å². The van der Waals surface area contributed by atoms with Crippen molar-refractivity contribution in [3.8, 4) is 28.5 Å². The fourth-order valence-electron chi connectivity index (χ4n) is 4.75. The van der Waals surface area contributed by atoms with E-state index in [1.54, 1.807) is 25.5 Å². The molecule has 11 nitrogen and oxygen atoms in total. The van der Waals surface area contributed by atoms with Gasteiger partial charge in [-0.2, -0.15) is 5.26 Å². The number of amides is 2. The molecule has 0 bridgehead atoms. The lowest BCUT2D eigenvalue weighted by atomic mass is 9.80. The first kappa shape index (κ1) is 27.0. The molecule has 0 spiro atoms. The van der Waals surface area contributed by atoms with Crippen LogP contribution in [0.25, 0.3) is 32.6 Å². The number of hydrogen-bond donors (Lipinski definition) is 1. The highest BCUT2D eigenvalue weighted by Crippen LogP contribution is 2.39. The monoisotopic (exact) mass is 556 g/mol. The number of primary amides is 1. The fourth-order valence-corrected chi connectivity index (χ4v) is 5.89. The number of pyridine rings is 1. The van der Waals surface area contributed by atoms with Gasteiger partial charge in [0, 0.05) is 49.4 Å². The number of esters is 1. The van der Waals surface area contributed by atoms with E-state index in [-0.39, 0.29) is 6.61 Å². The predicted octanol–water partition coefficient (Wildman–Crippen LogP) is 4.39. The number of piperidine rings is 1. The molecule has 2 N–H and O–H groups in total. The van der Waals surface area contributed by atoms with Gasteiger partial charge in [-0.3, -0.25) is 14.7 Å². The lowest BCUT2D eigenvalue weighted by molar-refractivity contribution is -0.153. The van der Waals surface area contributed by atoms with Gasteiger partial charge in [0.25, 0.3) is 0 Å². The molecule has 204 valence electrons. The highest BCUT2D eigenvalue weighted by Gasteiger charge is 2.43. The SMILES string of the molecule is CCOC(=O)C1(C#N)CCN(c2ncc(-c3cc(-c4ccccn4)c4sc(N(CC)C(N)=O)nc4c3)cn2)CC1. The van der Waals surface area contributed by atoms with Crippen LogP contribution in [0.3, 0.4) is 0 Å². The summed E-state index contributed by atoms with van der Waals surface area (Å²) in [6.07, 6.45) is 5.93. The second-order valence-corrected chi connectivity index (χ2v) is 10.3. The summed E-state index contributed by atoms with van der Waals surface area (Å²) < 4.78 is 6.03. The normalized spacial score (nSPS) is 14.5. The largest absolute Gasteiger partial charge is 0.465 e. The van der Waals surface area contributed by atoms with E-state index in [1.165, 1.54) is 16.2 Å². The second kappa shape index (κ2) is 11.2. The minimum Gasteiger partial charge on any atom is -0.465 e. The summed E-state index contributed by atoms with van der Waals surface area (Å²) in [5, 5.41) is 10.2. The zero-order valence-electron chi connectivity index (χ0n) is 22.2. The maximum Gasteiger partial charge on any atom is 0.326 e. The highest BCUT2D eigenvalue weighted by molar-refractivity contribution is 7.23. The average Bonchev–Trinajstić information content (AvgIpc) is 3.41. The number of thiazole rings is 1. The van der Waals surface area contributed by atoms with Crippen LogP contribution in [0.2, 0.25) is 0 Å². The highest BCUT2D eigenvalue weighted by atomic mass is 32.1. The van der Waals surface area contributed by atoms with Crippen molar-refractivity contribution in [2.75, 3.05) is 36.0 Å². The molecule has 2 amide bonds. The molecule has 12 heteroatoms. The number of anilines is 2. The van der Waals surface area contributed by atoms with Crippen LogP contribution in [-0.2, 0) is 9.53 Å². The van der Waals surface area contributed by atoms with Crippen LogP contribution < -0.4 is 15.5 Å². The van der Waals surface area contributed by atoms with Crippen molar-refractivity contribution >= 4 is 44.6 Å². The number of nitrogens with two attached hydrogens (primary N) is 1. The third-order valence-corrected chi connectivity index (χ3v) is 8.11. The topological polar surface area (TPSA) is 151 Å². The third-order valence-electron chi connectivity index (χ3n) is 6.98. The average molecular weight is 557 g/mol. The molecular formula is C28H28N8O3S. The van der Waals surface area contributed by atoms with E-state index in [4.69, 9.17) is 15.5 Å². The summed E-state index contributed by atoms with van der Waals surface area (Å²) in [5.41, 5.74) is 8.46. The number of nitrogens with zero attached hydrogens (tertiary/aromatic N) is 7. The summed E-state index contributed by atoms with van der Waals surface area (Å²) in [7, 11) is 0. The van der Waals surface area contributed by atoms with Crippen molar-refractivity contribution in [3.05, 3.63) is 48.9 Å². The van der Waals surface area contributed by atoms with Crippen LogP contribution in [0.15, 0.2) is 48.9 Å². The van der Waals surface area contributed by atoms with Crippen molar-refractivity contribution in [2.24, 2.45) is 11.1 Å². The van der Waals surface area contributed by atoms with Crippen LogP contribution in [0.5, 0.6) is 0 Å². The summed E-state index contributed by atoms with van der Waals surface area (Å²) in [6.45, 7) is 5.17. The Balaban J connectivity index is 1.45. The Kier molecular flexibility index (Phi) is 7.57. The summed E-state index contributed by atoms with van der Waals surface area (Å²) in [5.74, 6) is 0.0665. The molecule has 0 unspecified atom stereocenters. The van der Waals surface area contributed by atoms with Gasteiger partial charge in [-0.25, -0.2) is 19.7 Å². The molecule has 0 atom stereocenters. The molecule has 1 aromatic carbocycles. The molecule has 0 saturated carbocycles. The molecule has 1 aliphatic heterocycles. The first-order valence-electron chi connectivity index (χ1n) is 13.0. The number of hydrogen-bond acceptors (Lipinski definition) is 10. The van der Waals surface area contributed by atoms with Gasteiger partial charge in [-0.15, -0.1) is 0 Å². The quantitative estimate of drug-likeness (QED) is 0.327. The molecule has 0 aliphatic carbocycles. The third kappa shape index (κ3) is 5.03.